The van der Waals surface area contributed by atoms with E-state index in [1.807, 2.05) is 0 Å². The molecule has 1 aromatic heterocycles. The molecule has 1 rings (SSSR count). The highest BCUT2D eigenvalue weighted by Crippen LogP contribution is 2.04. The summed E-state index contributed by atoms with van der Waals surface area (Å²) in [6, 6.07) is 0. The maximum Gasteiger partial charge on any atom is 0.289 e. The van der Waals surface area contributed by atoms with Crippen molar-refractivity contribution in [2.45, 2.75) is 39.2 Å². The largest absolute Gasteiger partial charge is 0.289 e. The van der Waals surface area contributed by atoms with Crippen LogP contribution in [0.5, 0.6) is 0 Å². The van der Waals surface area contributed by atoms with E-state index in [0.29, 0.717) is 6.54 Å². The highest BCUT2D eigenvalue weighted by atomic mass is 19.2. The van der Waals surface area contributed by atoms with E-state index in [-0.39, 0.29) is 0 Å². The van der Waals surface area contributed by atoms with Gasteiger partial charge in [-0.05, 0) is 6.42 Å². The maximum atomic E-state index is 12.7. The Hall–Kier alpha value is -1.00. The average molecular weight is 189 g/mol. The third-order valence-corrected chi connectivity index (χ3v) is 1.86. The molecule has 3 nitrogen and oxygen atoms in total. The lowest BCUT2D eigenvalue weighted by atomic mass is 10.2. The van der Waals surface area contributed by atoms with Crippen molar-refractivity contribution in [1.29, 1.82) is 0 Å². The third kappa shape index (κ3) is 2.75. The highest BCUT2D eigenvalue weighted by molar-refractivity contribution is 4.75. The Balaban J connectivity index is 2.32. The van der Waals surface area contributed by atoms with Crippen LogP contribution in [0, 0.1) is 11.9 Å². The van der Waals surface area contributed by atoms with Crippen LogP contribution < -0.4 is 0 Å². The van der Waals surface area contributed by atoms with Crippen molar-refractivity contribution >= 4 is 0 Å². The molecule has 5 heteroatoms. The molecule has 0 saturated heterocycles. The predicted molar refractivity (Wildman–Crippen MR) is 44.1 cm³/mol. The van der Waals surface area contributed by atoms with E-state index < -0.39 is 11.9 Å². The minimum absolute atomic E-state index is 0.406. The summed E-state index contributed by atoms with van der Waals surface area (Å²) in [6.07, 6.45) is 4.05. The summed E-state index contributed by atoms with van der Waals surface area (Å²) < 4.78 is 26.0. The van der Waals surface area contributed by atoms with Crippen molar-refractivity contribution in [3.05, 3.63) is 11.9 Å². The molecule has 1 aromatic rings. The van der Waals surface area contributed by atoms with Gasteiger partial charge in [-0.15, -0.1) is 0 Å². The van der Waals surface area contributed by atoms with Crippen LogP contribution in [0.2, 0.25) is 0 Å². The number of aromatic nitrogens is 3. The first-order valence-corrected chi connectivity index (χ1v) is 4.50. The van der Waals surface area contributed by atoms with Crippen LogP contribution in [0.25, 0.3) is 0 Å². The van der Waals surface area contributed by atoms with Crippen LogP contribution in [-0.4, -0.2) is 15.0 Å². The van der Waals surface area contributed by atoms with Crippen molar-refractivity contribution in [2.75, 3.05) is 0 Å². The Labute approximate surface area is 75.7 Å². The average Bonchev–Trinajstić information content (AvgIpc) is 2.43. The molecule has 0 radical (unpaired) electrons. The number of halogens is 2. The molecule has 0 aromatic carbocycles. The van der Waals surface area contributed by atoms with E-state index in [0.717, 1.165) is 30.4 Å². The molecule has 74 valence electrons. The third-order valence-electron chi connectivity index (χ3n) is 1.86. The van der Waals surface area contributed by atoms with Gasteiger partial charge in [-0.1, -0.05) is 36.5 Å². The number of nitrogens with zero attached hydrogens (tertiary/aromatic N) is 3. The lowest BCUT2D eigenvalue weighted by molar-refractivity contribution is 0.406. The van der Waals surface area contributed by atoms with E-state index in [9.17, 15) is 8.78 Å². The van der Waals surface area contributed by atoms with Gasteiger partial charge in [-0.25, -0.2) is 4.68 Å². The van der Waals surface area contributed by atoms with Crippen molar-refractivity contribution in [2.24, 2.45) is 0 Å². The van der Waals surface area contributed by atoms with Crippen molar-refractivity contribution in [3.8, 4) is 0 Å². The van der Waals surface area contributed by atoms with Crippen LogP contribution in [0.3, 0.4) is 0 Å². The molecule has 0 aliphatic carbocycles. The molecule has 0 bridgehead atoms. The smallest absolute Gasteiger partial charge is 0.217 e. The molecular formula is C8H13F2N3. The summed E-state index contributed by atoms with van der Waals surface area (Å²) in [4.78, 5) is 0. The van der Waals surface area contributed by atoms with Crippen LogP contribution in [0.1, 0.15) is 32.6 Å². The van der Waals surface area contributed by atoms with Gasteiger partial charge in [-0.2, -0.15) is 8.78 Å². The van der Waals surface area contributed by atoms with Crippen LogP contribution in [0.15, 0.2) is 0 Å². The quantitative estimate of drug-likeness (QED) is 0.664. The van der Waals surface area contributed by atoms with Crippen LogP contribution >= 0.6 is 0 Å². The molecule has 0 fully saturated rings. The lowest BCUT2D eigenvalue weighted by Crippen LogP contribution is -2.03. The topological polar surface area (TPSA) is 30.7 Å². The molecule has 0 spiro atoms. The first-order chi connectivity index (χ1) is 6.25. The fourth-order valence-electron chi connectivity index (χ4n) is 1.11. The predicted octanol–water partition coefficient (Wildman–Crippen LogP) is 2.14. The van der Waals surface area contributed by atoms with Gasteiger partial charge in [-0.3, -0.25) is 0 Å². The van der Waals surface area contributed by atoms with Crippen molar-refractivity contribution in [3.63, 3.8) is 0 Å². The summed E-state index contributed by atoms with van der Waals surface area (Å²) in [5.74, 6) is -2.08. The highest BCUT2D eigenvalue weighted by Gasteiger charge is 2.10. The maximum absolute atomic E-state index is 12.7. The molecule has 1 heterocycles. The molecule has 0 aliphatic rings. The first kappa shape index (κ1) is 10.1. The van der Waals surface area contributed by atoms with Gasteiger partial charge in [0.05, 0.1) is 0 Å². The second kappa shape index (κ2) is 4.89. The van der Waals surface area contributed by atoms with Crippen LogP contribution in [0.4, 0.5) is 8.78 Å². The summed E-state index contributed by atoms with van der Waals surface area (Å²) in [7, 11) is 0. The molecule has 0 amide bonds. The first-order valence-electron chi connectivity index (χ1n) is 4.50. The van der Waals surface area contributed by atoms with Crippen molar-refractivity contribution in [1.82, 2.24) is 15.0 Å². The molecule has 0 aliphatic heterocycles. The van der Waals surface area contributed by atoms with Gasteiger partial charge in [0.2, 0.25) is 0 Å². The number of hydrogen-bond donors (Lipinski definition) is 0. The molecule has 0 saturated carbocycles. The zero-order valence-corrected chi connectivity index (χ0v) is 7.63. The monoisotopic (exact) mass is 189 g/mol. The van der Waals surface area contributed by atoms with E-state index in [1.54, 1.807) is 0 Å². The molecule has 13 heavy (non-hydrogen) atoms. The van der Waals surface area contributed by atoms with Gasteiger partial charge < -0.3 is 0 Å². The van der Waals surface area contributed by atoms with Gasteiger partial charge in [0.25, 0.3) is 11.9 Å². The SMILES string of the molecule is CCCCCCn1nnc(F)c1F. The summed E-state index contributed by atoms with van der Waals surface area (Å²) in [6.45, 7) is 2.50. The van der Waals surface area contributed by atoms with E-state index >= 15 is 0 Å². The normalized spacial score (nSPS) is 10.7. The summed E-state index contributed by atoms with van der Waals surface area (Å²) in [5, 5.41) is 6.32. The Morgan fingerprint density at radius 3 is 2.54 bits per heavy atom. The van der Waals surface area contributed by atoms with Crippen molar-refractivity contribution < 1.29 is 8.78 Å². The Bertz CT molecular complexity index is 260. The summed E-state index contributed by atoms with van der Waals surface area (Å²) >= 11 is 0. The van der Waals surface area contributed by atoms with Crippen LogP contribution in [-0.2, 0) is 6.54 Å². The zero-order valence-electron chi connectivity index (χ0n) is 7.63. The lowest BCUT2D eigenvalue weighted by Gasteiger charge is -1.99. The number of rotatable bonds is 5. The minimum atomic E-state index is -1.12. The van der Waals surface area contributed by atoms with E-state index in [4.69, 9.17) is 0 Å². The zero-order chi connectivity index (χ0) is 9.68. The molecular weight excluding hydrogens is 176 g/mol. The fraction of sp³-hybridized carbons (Fsp3) is 0.750. The summed E-state index contributed by atoms with van der Waals surface area (Å²) in [5.41, 5.74) is 0. The number of unbranched alkanes of at least 4 members (excludes halogenated alkanes) is 3. The fourth-order valence-corrected chi connectivity index (χ4v) is 1.11. The Morgan fingerprint density at radius 2 is 2.00 bits per heavy atom. The Kier molecular flexibility index (Phi) is 3.79. The minimum Gasteiger partial charge on any atom is -0.217 e. The molecule has 0 atom stereocenters. The van der Waals surface area contributed by atoms with Gasteiger partial charge in [0.1, 0.15) is 0 Å². The molecule has 0 unspecified atom stereocenters. The van der Waals surface area contributed by atoms with Gasteiger partial charge >= 0.3 is 0 Å². The number of aryl methyl sites for hydroxylation is 1. The second-order valence-electron chi connectivity index (χ2n) is 2.95. The molecule has 0 N–H and O–H groups in total. The standard InChI is InChI=1S/C8H13F2N3/c1-2-3-4-5-6-13-8(10)7(9)11-12-13/h2-6H2,1H3. The Morgan fingerprint density at radius 1 is 1.23 bits per heavy atom. The van der Waals surface area contributed by atoms with Gasteiger partial charge in [0, 0.05) is 6.54 Å². The van der Waals surface area contributed by atoms with Gasteiger partial charge in [0.15, 0.2) is 0 Å². The number of hydrogen-bond acceptors (Lipinski definition) is 2. The van der Waals surface area contributed by atoms with E-state index in [1.165, 1.54) is 0 Å². The second-order valence-corrected chi connectivity index (χ2v) is 2.95. The van der Waals surface area contributed by atoms with E-state index in [2.05, 4.69) is 17.2 Å².